The molecule has 0 aromatic rings. The van der Waals surface area contributed by atoms with E-state index in [9.17, 15) is 22.8 Å². The third-order valence-electron chi connectivity index (χ3n) is 2.21. The standard InChI is InChI=1S/C7H8F3N5O2/c8-7(9,10)5(16)14-1-3-15(4-2-14)6(17)12-13-11/h1-4H2. The number of amides is 3. The molecule has 1 heterocycles. The summed E-state index contributed by atoms with van der Waals surface area (Å²) >= 11 is 0. The van der Waals surface area contributed by atoms with E-state index in [-0.39, 0.29) is 26.2 Å². The van der Waals surface area contributed by atoms with Crippen molar-refractivity contribution in [1.29, 1.82) is 0 Å². The average molecular weight is 251 g/mol. The molecule has 0 radical (unpaired) electrons. The third kappa shape index (κ3) is 3.25. The highest BCUT2D eigenvalue weighted by Gasteiger charge is 2.43. The van der Waals surface area contributed by atoms with Crippen LogP contribution in [0.15, 0.2) is 5.11 Å². The monoisotopic (exact) mass is 251 g/mol. The second kappa shape index (κ2) is 4.91. The predicted octanol–water partition coefficient (Wildman–Crippen LogP) is 1.12. The van der Waals surface area contributed by atoms with Gasteiger partial charge in [0.1, 0.15) is 0 Å². The van der Waals surface area contributed by atoms with Crippen LogP contribution in [-0.2, 0) is 4.79 Å². The Morgan fingerprint density at radius 2 is 1.59 bits per heavy atom. The molecule has 1 aliphatic heterocycles. The van der Waals surface area contributed by atoms with Gasteiger partial charge in [-0.25, -0.2) is 0 Å². The first-order valence-electron chi connectivity index (χ1n) is 4.56. The summed E-state index contributed by atoms with van der Waals surface area (Å²) in [4.78, 5) is 25.9. The Labute approximate surface area is 93.4 Å². The van der Waals surface area contributed by atoms with Crippen LogP contribution in [0.5, 0.6) is 0 Å². The van der Waals surface area contributed by atoms with E-state index < -0.39 is 18.1 Å². The Balaban J connectivity index is 2.54. The van der Waals surface area contributed by atoms with Gasteiger partial charge < -0.3 is 9.80 Å². The van der Waals surface area contributed by atoms with Crippen LogP contribution in [0.1, 0.15) is 0 Å². The molecule has 0 N–H and O–H groups in total. The summed E-state index contributed by atoms with van der Waals surface area (Å²) in [5, 5.41) is 2.81. The van der Waals surface area contributed by atoms with Crippen LogP contribution in [0.25, 0.3) is 10.4 Å². The lowest BCUT2D eigenvalue weighted by Gasteiger charge is -2.34. The SMILES string of the molecule is [N-]=[N+]=NC(=O)N1CCN(C(=O)C(F)(F)F)CC1. The maximum Gasteiger partial charge on any atom is 0.471 e. The maximum absolute atomic E-state index is 12.1. The molecule has 0 saturated carbocycles. The largest absolute Gasteiger partial charge is 0.471 e. The Morgan fingerprint density at radius 3 is 2.00 bits per heavy atom. The van der Waals surface area contributed by atoms with Crippen LogP contribution in [0.3, 0.4) is 0 Å². The summed E-state index contributed by atoms with van der Waals surface area (Å²) in [6.45, 7) is -0.630. The molecule has 1 saturated heterocycles. The normalized spacial score (nSPS) is 16.4. The van der Waals surface area contributed by atoms with Crippen molar-refractivity contribution in [2.45, 2.75) is 6.18 Å². The molecule has 1 fully saturated rings. The average Bonchev–Trinajstić information content (AvgIpc) is 2.27. The van der Waals surface area contributed by atoms with E-state index in [1.807, 2.05) is 0 Å². The van der Waals surface area contributed by atoms with Gasteiger partial charge in [0.25, 0.3) is 0 Å². The molecule has 0 aliphatic carbocycles. The van der Waals surface area contributed by atoms with Crippen LogP contribution in [0.2, 0.25) is 0 Å². The number of azide groups is 1. The van der Waals surface area contributed by atoms with E-state index >= 15 is 0 Å². The molecule has 7 nitrogen and oxygen atoms in total. The molecule has 10 heteroatoms. The highest BCUT2D eigenvalue weighted by atomic mass is 19.4. The van der Waals surface area contributed by atoms with Gasteiger partial charge in [-0.1, -0.05) is 0 Å². The number of piperazine rings is 1. The van der Waals surface area contributed by atoms with Gasteiger partial charge in [-0.2, -0.15) is 13.2 Å². The van der Waals surface area contributed by atoms with Crippen molar-refractivity contribution >= 4 is 11.9 Å². The molecular formula is C7H8F3N5O2. The van der Waals surface area contributed by atoms with Crippen LogP contribution < -0.4 is 0 Å². The second-order valence-corrected chi connectivity index (χ2v) is 3.25. The molecule has 1 rings (SSSR count). The van der Waals surface area contributed by atoms with Crippen molar-refractivity contribution in [2.75, 3.05) is 26.2 Å². The zero-order chi connectivity index (χ0) is 13.1. The summed E-state index contributed by atoms with van der Waals surface area (Å²) in [5.74, 6) is -1.92. The quantitative estimate of drug-likeness (QED) is 0.367. The lowest BCUT2D eigenvalue weighted by molar-refractivity contribution is -0.186. The molecule has 0 aromatic heterocycles. The van der Waals surface area contributed by atoms with Crippen LogP contribution in [-0.4, -0.2) is 54.1 Å². The van der Waals surface area contributed by atoms with E-state index in [0.717, 1.165) is 4.90 Å². The second-order valence-electron chi connectivity index (χ2n) is 3.25. The van der Waals surface area contributed by atoms with Crippen LogP contribution in [0, 0.1) is 0 Å². The fourth-order valence-corrected chi connectivity index (χ4v) is 1.38. The highest BCUT2D eigenvalue weighted by Crippen LogP contribution is 2.19. The zero-order valence-corrected chi connectivity index (χ0v) is 8.51. The summed E-state index contributed by atoms with van der Waals surface area (Å²) in [6.07, 6.45) is -4.91. The lowest BCUT2D eigenvalue weighted by Crippen LogP contribution is -2.53. The Hall–Kier alpha value is -1.96. The minimum absolute atomic E-state index is 0.0837. The molecule has 1 aliphatic rings. The van der Waals surface area contributed by atoms with Crippen molar-refractivity contribution in [3.8, 4) is 0 Å². The van der Waals surface area contributed by atoms with E-state index in [2.05, 4.69) is 10.0 Å². The van der Waals surface area contributed by atoms with E-state index in [1.165, 1.54) is 0 Å². The lowest BCUT2D eigenvalue weighted by atomic mass is 10.3. The van der Waals surface area contributed by atoms with Crippen molar-refractivity contribution in [1.82, 2.24) is 9.80 Å². The highest BCUT2D eigenvalue weighted by molar-refractivity contribution is 5.82. The first kappa shape index (κ1) is 13.1. The maximum atomic E-state index is 12.1. The number of urea groups is 1. The topological polar surface area (TPSA) is 89.4 Å². The number of alkyl halides is 3. The number of hydrogen-bond donors (Lipinski definition) is 0. The molecule has 94 valence electrons. The Kier molecular flexibility index (Phi) is 3.79. The van der Waals surface area contributed by atoms with Gasteiger partial charge >= 0.3 is 18.1 Å². The number of hydrogen-bond acceptors (Lipinski definition) is 2. The molecular weight excluding hydrogens is 243 g/mol. The smallest absolute Gasteiger partial charge is 0.334 e. The first-order valence-corrected chi connectivity index (χ1v) is 4.56. The van der Waals surface area contributed by atoms with Crippen LogP contribution >= 0.6 is 0 Å². The summed E-state index contributed by atoms with van der Waals surface area (Å²) in [6, 6.07) is -0.855. The molecule has 0 atom stereocenters. The van der Waals surface area contributed by atoms with Gasteiger partial charge in [-0.15, -0.1) is 0 Å². The molecule has 0 spiro atoms. The number of carbonyl (C=O) groups is 2. The van der Waals surface area contributed by atoms with E-state index in [1.54, 1.807) is 0 Å². The molecule has 17 heavy (non-hydrogen) atoms. The van der Waals surface area contributed by atoms with Gasteiger partial charge in [0.2, 0.25) is 0 Å². The fraction of sp³-hybridized carbons (Fsp3) is 0.714. The zero-order valence-electron chi connectivity index (χ0n) is 8.51. The number of rotatable bonds is 0. The number of nitrogens with zero attached hydrogens (tertiary/aromatic N) is 5. The third-order valence-corrected chi connectivity index (χ3v) is 2.21. The van der Waals surface area contributed by atoms with Crippen molar-refractivity contribution in [2.24, 2.45) is 5.11 Å². The molecule has 0 aromatic carbocycles. The van der Waals surface area contributed by atoms with Crippen LogP contribution in [0.4, 0.5) is 18.0 Å². The van der Waals surface area contributed by atoms with E-state index in [0.29, 0.717) is 4.90 Å². The van der Waals surface area contributed by atoms with E-state index in [4.69, 9.17) is 5.53 Å². The summed E-state index contributed by atoms with van der Waals surface area (Å²) < 4.78 is 36.2. The number of halogens is 3. The summed E-state index contributed by atoms with van der Waals surface area (Å²) in [7, 11) is 0. The minimum atomic E-state index is -4.91. The number of carbonyl (C=O) groups excluding carboxylic acids is 2. The van der Waals surface area contributed by atoms with Gasteiger partial charge in [-0.05, 0) is 5.53 Å². The predicted molar refractivity (Wildman–Crippen MR) is 48.8 cm³/mol. The Morgan fingerprint density at radius 1 is 1.12 bits per heavy atom. The molecule has 0 unspecified atom stereocenters. The minimum Gasteiger partial charge on any atom is -0.334 e. The van der Waals surface area contributed by atoms with Gasteiger partial charge in [0.05, 0.1) is 0 Å². The molecule has 0 bridgehead atoms. The fourth-order valence-electron chi connectivity index (χ4n) is 1.38. The van der Waals surface area contributed by atoms with Gasteiger partial charge in [-0.3, -0.25) is 9.59 Å². The van der Waals surface area contributed by atoms with Crippen molar-refractivity contribution in [3.05, 3.63) is 10.4 Å². The Bertz CT molecular complexity index is 368. The van der Waals surface area contributed by atoms with Gasteiger partial charge in [0, 0.05) is 36.2 Å². The first-order chi connectivity index (χ1) is 7.86. The van der Waals surface area contributed by atoms with Crippen molar-refractivity contribution < 1.29 is 22.8 Å². The summed E-state index contributed by atoms with van der Waals surface area (Å²) in [5.41, 5.74) is 8.01. The van der Waals surface area contributed by atoms with Gasteiger partial charge in [0.15, 0.2) is 0 Å². The van der Waals surface area contributed by atoms with Crippen molar-refractivity contribution in [3.63, 3.8) is 0 Å². The molecule has 3 amide bonds.